The fourth-order valence-corrected chi connectivity index (χ4v) is 2.25. The number of benzene rings is 2. The van der Waals surface area contributed by atoms with E-state index in [0.29, 0.717) is 17.5 Å². The summed E-state index contributed by atoms with van der Waals surface area (Å²) in [6.45, 7) is 1.57. The molecule has 1 unspecified atom stereocenters. The first kappa shape index (κ1) is 15.9. The van der Waals surface area contributed by atoms with E-state index in [2.05, 4.69) is 5.32 Å². The first-order valence-corrected chi connectivity index (χ1v) is 7.18. The molecule has 1 atom stereocenters. The fraction of sp³-hybridized carbons (Fsp3) is 0.222. The van der Waals surface area contributed by atoms with Crippen molar-refractivity contribution in [1.29, 1.82) is 0 Å². The van der Waals surface area contributed by atoms with Crippen LogP contribution in [0.4, 0.5) is 0 Å². The Balaban J connectivity index is 1.94. The molecule has 0 spiro atoms. The van der Waals surface area contributed by atoms with Gasteiger partial charge in [0, 0.05) is 18.5 Å². The zero-order valence-corrected chi connectivity index (χ0v) is 12.5. The average molecular weight is 297 g/mol. The van der Waals surface area contributed by atoms with E-state index < -0.39 is 6.10 Å². The number of Topliss-reactive ketones (excluding diaryl/α,β-unsaturated/α-hetero) is 1. The topological polar surface area (TPSA) is 66.4 Å². The molecular weight excluding hydrogens is 278 g/mol. The lowest BCUT2D eigenvalue weighted by molar-refractivity contribution is 0.0906. The zero-order valence-electron chi connectivity index (χ0n) is 12.5. The van der Waals surface area contributed by atoms with Crippen LogP contribution < -0.4 is 5.32 Å². The Bertz CT molecular complexity index is 652. The lowest BCUT2D eigenvalue weighted by atomic mass is 10.0. The number of rotatable bonds is 6. The van der Waals surface area contributed by atoms with Crippen LogP contribution >= 0.6 is 0 Å². The Morgan fingerprint density at radius 1 is 1.00 bits per heavy atom. The van der Waals surface area contributed by atoms with Gasteiger partial charge in [0.15, 0.2) is 5.78 Å². The summed E-state index contributed by atoms with van der Waals surface area (Å²) in [6.07, 6.45) is -0.203. The molecule has 0 aliphatic carbocycles. The van der Waals surface area contributed by atoms with Crippen LogP contribution in [0.25, 0.3) is 0 Å². The third kappa shape index (κ3) is 4.27. The van der Waals surface area contributed by atoms with Crippen molar-refractivity contribution in [2.75, 3.05) is 6.54 Å². The van der Waals surface area contributed by atoms with Crippen LogP contribution in [0, 0.1) is 0 Å². The monoisotopic (exact) mass is 297 g/mol. The molecule has 0 aliphatic rings. The average Bonchev–Trinajstić information content (AvgIpc) is 2.53. The second-order valence-electron chi connectivity index (χ2n) is 5.16. The molecule has 0 saturated carbocycles. The zero-order chi connectivity index (χ0) is 15.9. The van der Waals surface area contributed by atoms with Crippen molar-refractivity contribution in [3.05, 3.63) is 71.3 Å². The van der Waals surface area contributed by atoms with Gasteiger partial charge in [0.1, 0.15) is 0 Å². The van der Waals surface area contributed by atoms with Gasteiger partial charge in [0.2, 0.25) is 0 Å². The summed E-state index contributed by atoms with van der Waals surface area (Å²) in [6, 6.07) is 16.2. The van der Waals surface area contributed by atoms with Crippen LogP contribution in [0.5, 0.6) is 0 Å². The summed E-state index contributed by atoms with van der Waals surface area (Å²) in [4.78, 5) is 23.7. The Hall–Kier alpha value is -2.46. The molecule has 4 nitrogen and oxygen atoms in total. The lowest BCUT2D eigenvalue weighted by Gasteiger charge is -2.13. The van der Waals surface area contributed by atoms with E-state index in [0.717, 1.165) is 5.56 Å². The highest BCUT2D eigenvalue weighted by Gasteiger charge is 2.14. The summed E-state index contributed by atoms with van der Waals surface area (Å²) in [5.74, 6) is -0.506. The van der Waals surface area contributed by atoms with Gasteiger partial charge in [0.05, 0.1) is 11.7 Å². The molecular formula is C18H19NO3. The molecule has 0 saturated heterocycles. The maximum Gasteiger partial charge on any atom is 0.252 e. The Morgan fingerprint density at radius 2 is 1.59 bits per heavy atom. The summed E-state index contributed by atoms with van der Waals surface area (Å²) < 4.78 is 0. The van der Waals surface area contributed by atoms with Gasteiger partial charge in [-0.25, -0.2) is 0 Å². The molecule has 22 heavy (non-hydrogen) atoms. The Labute approximate surface area is 129 Å². The number of ketones is 1. The van der Waals surface area contributed by atoms with Crippen molar-refractivity contribution in [3.63, 3.8) is 0 Å². The number of hydrogen-bond acceptors (Lipinski definition) is 3. The van der Waals surface area contributed by atoms with Gasteiger partial charge < -0.3 is 10.4 Å². The maximum absolute atomic E-state index is 12.2. The number of carbonyl (C=O) groups is 2. The third-order valence-electron chi connectivity index (χ3n) is 3.36. The molecule has 0 radical (unpaired) electrons. The van der Waals surface area contributed by atoms with Crippen LogP contribution in [-0.4, -0.2) is 29.4 Å². The number of aliphatic hydroxyl groups excluding tert-OH is 1. The van der Waals surface area contributed by atoms with Gasteiger partial charge in [-0.1, -0.05) is 48.5 Å². The summed E-state index contributed by atoms with van der Waals surface area (Å²) in [5.41, 5.74) is 1.73. The van der Waals surface area contributed by atoms with Crippen molar-refractivity contribution in [1.82, 2.24) is 5.32 Å². The number of carbonyl (C=O) groups excluding carboxylic acids is 2. The van der Waals surface area contributed by atoms with E-state index in [9.17, 15) is 14.7 Å². The maximum atomic E-state index is 12.2. The molecule has 0 aliphatic heterocycles. The molecule has 0 heterocycles. The smallest absolute Gasteiger partial charge is 0.252 e. The summed E-state index contributed by atoms with van der Waals surface area (Å²) in [5, 5.41) is 12.7. The number of aliphatic hydroxyl groups is 1. The van der Waals surface area contributed by atoms with Crippen LogP contribution in [0.1, 0.15) is 33.2 Å². The van der Waals surface area contributed by atoms with Crippen molar-refractivity contribution < 1.29 is 14.7 Å². The quantitative estimate of drug-likeness (QED) is 0.803. The van der Waals surface area contributed by atoms with Crippen molar-refractivity contribution in [2.45, 2.75) is 19.4 Å². The fourth-order valence-electron chi connectivity index (χ4n) is 2.25. The minimum absolute atomic E-state index is 0.139. The molecule has 2 N–H and O–H groups in total. The largest absolute Gasteiger partial charge is 0.391 e. The minimum Gasteiger partial charge on any atom is -0.391 e. The minimum atomic E-state index is -0.671. The van der Waals surface area contributed by atoms with E-state index in [1.54, 1.807) is 24.3 Å². The second-order valence-corrected chi connectivity index (χ2v) is 5.16. The van der Waals surface area contributed by atoms with E-state index in [1.165, 1.54) is 6.92 Å². The number of hydrogen-bond donors (Lipinski definition) is 2. The molecule has 0 fully saturated rings. The molecule has 0 aromatic heterocycles. The highest BCUT2D eigenvalue weighted by Crippen LogP contribution is 2.09. The van der Waals surface area contributed by atoms with Crippen molar-refractivity contribution in [3.8, 4) is 0 Å². The molecule has 2 aromatic rings. The summed E-state index contributed by atoms with van der Waals surface area (Å²) >= 11 is 0. The molecule has 2 rings (SSSR count). The van der Waals surface area contributed by atoms with Gasteiger partial charge >= 0.3 is 0 Å². The van der Waals surface area contributed by atoms with E-state index in [1.807, 2.05) is 30.3 Å². The summed E-state index contributed by atoms with van der Waals surface area (Å²) in [7, 11) is 0. The third-order valence-corrected chi connectivity index (χ3v) is 3.36. The predicted octanol–water partition coefficient (Wildman–Crippen LogP) is 2.22. The Kier molecular flexibility index (Phi) is 5.44. The molecule has 0 bridgehead atoms. The SMILES string of the molecule is CC(=O)c1ccccc1C(=O)NCC(O)Cc1ccccc1. The van der Waals surface area contributed by atoms with Gasteiger partial charge in [0.25, 0.3) is 5.91 Å². The van der Waals surface area contributed by atoms with E-state index in [-0.39, 0.29) is 18.2 Å². The first-order chi connectivity index (χ1) is 10.6. The lowest BCUT2D eigenvalue weighted by Crippen LogP contribution is -2.33. The van der Waals surface area contributed by atoms with Crippen LogP contribution in [-0.2, 0) is 6.42 Å². The highest BCUT2D eigenvalue weighted by molar-refractivity contribution is 6.07. The van der Waals surface area contributed by atoms with Crippen molar-refractivity contribution in [2.24, 2.45) is 0 Å². The van der Waals surface area contributed by atoms with Gasteiger partial charge in [-0.3, -0.25) is 9.59 Å². The van der Waals surface area contributed by atoms with Crippen LogP contribution in [0.15, 0.2) is 54.6 Å². The molecule has 2 aromatic carbocycles. The van der Waals surface area contributed by atoms with Crippen molar-refractivity contribution >= 4 is 11.7 Å². The second kappa shape index (κ2) is 7.52. The van der Waals surface area contributed by atoms with Crippen LogP contribution in [0.3, 0.4) is 0 Å². The molecule has 1 amide bonds. The van der Waals surface area contributed by atoms with Gasteiger partial charge in [-0.15, -0.1) is 0 Å². The standard InChI is InChI=1S/C18H19NO3/c1-13(20)16-9-5-6-10-17(16)18(22)19-12-15(21)11-14-7-3-2-4-8-14/h2-10,15,21H,11-12H2,1H3,(H,19,22). The van der Waals surface area contributed by atoms with E-state index >= 15 is 0 Å². The first-order valence-electron chi connectivity index (χ1n) is 7.18. The molecule has 4 heteroatoms. The van der Waals surface area contributed by atoms with Gasteiger partial charge in [-0.05, 0) is 18.6 Å². The molecule has 114 valence electrons. The van der Waals surface area contributed by atoms with Gasteiger partial charge in [-0.2, -0.15) is 0 Å². The Morgan fingerprint density at radius 3 is 2.23 bits per heavy atom. The van der Waals surface area contributed by atoms with Crippen LogP contribution in [0.2, 0.25) is 0 Å². The van der Waals surface area contributed by atoms with E-state index in [4.69, 9.17) is 0 Å². The normalized spacial score (nSPS) is 11.7. The highest BCUT2D eigenvalue weighted by atomic mass is 16.3. The predicted molar refractivity (Wildman–Crippen MR) is 84.9 cm³/mol. The number of nitrogens with one attached hydrogen (secondary N) is 1. The number of amides is 1.